The lowest BCUT2D eigenvalue weighted by Crippen LogP contribution is -2.40. The lowest BCUT2D eigenvalue weighted by Gasteiger charge is -2.19. The Bertz CT molecular complexity index is 813. The van der Waals surface area contributed by atoms with Gasteiger partial charge in [0.1, 0.15) is 6.54 Å². The Hall–Kier alpha value is -1.75. The van der Waals surface area contributed by atoms with E-state index in [2.05, 4.69) is 5.32 Å². The molecule has 2 heterocycles. The van der Waals surface area contributed by atoms with E-state index < -0.39 is 21.5 Å². The van der Waals surface area contributed by atoms with E-state index >= 15 is 0 Å². The van der Waals surface area contributed by atoms with Crippen LogP contribution in [0.1, 0.15) is 27.2 Å². The van der Waals surface area contributed by atoms with Crippen molar-refractivity contribution in [1.82, 2.24) is 14.2 Å². The van der Waals surface area contributed by atoms with Crippen molar-refractivity contribution < 1.29 is 22.7 Å². The molecule has 158 valence electrons. The van der Waals surface area contributed by atoms with Gasteiger partial charge in [0.05, 0.1) is 24.2 Å². The highest BCUT2D eigenvalue weighted by molar-refractivity contribution is 7.89. The van der Waals surface area contributed by atoms with Gasteiger partial charge in [0, 0.05) is 38.0 Å². The van der Waals surface area contributed by atoms with E-state index in [1.165, 1.54) is 16.6 Å². The zero-order valence-electron chi connectivity index (χ0n) is 16.6. The summed E-state index contributed by atoms with van der Waals surface area (Å²) in [6, 6.07) is 2.19. The summed E-state index contributed by atoms with van der Waals surface area (Å²) in [5.74, 6) is -0.391. The Kier molecular flexibility index (Phi) is 8.17. The highest BCUT2D eigenvalue weighted by Crippen LogP contribution is 2.13. The molecule has 0 aliphatic carbocycles. The molecule has 1 amide bonds. The van der Waals surface area contributed by atoms with Gasteiger partial charge >= 0.3 is 0 Å². The molecular formula is C18H29N3O6S. The van der Waals surface area contributed by atoms with Crippen LogP contribution < -0.4 is 10.9 Å². The fourth-order valence-corrected chi connectivity index (χ4v) is 4.42. The Morgan fingerprint density at radius 2 is 2.11 bits per heavy atom. The maximum Gasteiger partial charge on any atom is 0.251 e. The van der Waals surface area contributed by atoms with Crippen molar-refractivity contribution in [2.45, 2.75) is 50.8 Å². The maximum absolute atomic E-state index is 12.6. The number of carbonyl (C=O) groups is 1. The average Bonchev–Trinajstić information content (AvgIpc) is 3.16. The van der Waals surface area contributed by atoms with E-state index in [0.29, 0.717) is 32.9 Å². The third-order valence-electron chi connectivity index (χ3n) is 4.49. The molecule has 0 unspecified atom stereocenters. The van der Waals surface area contributed by atoms with E-state index in [9.17, 15) is 18.0 Å². The van der Waals surface area contributed by atoms with E-state index in [1.54, 1.807) is 20.8 Å². The first-order chi connectivity index (χ1) is 13.3. The predicted molar refractivity (Wildman–Crippen MR) is 104 cm³/mol. The van der Waals surface area contributed by atoms with Crippen molar-refractivity contribution in [3.63, 3.8) is 0 Å². The van der Waals surface area contributed by atoms with Crippen LogP contribution in [0.5, 0.6) is 0 Å². The van der Waals surface area contributed by atoms with Crippen molar-refractivity contribution >= 4 is 15.9 Å². The molecule has 0 radical (unpaired) electrons. The lowest BCUT2D eigenvalue weighted by atomic mass is 10.3. The van der Waals surface area contributed by atoms with Gasteiger partial charge in [0.15, 0.2) is 0 Å². The standard InChI is InChI=1S/C18H29N3O6S/c1-4-21(5-2)28(24,25)16-6-7-18(23)20(10-16)11-17(22)19-14(3)12-27-15-8-9-26-13-15/h6-7,10,14-15H,4-5,8-9,11-13H2,1-3H3,(H,19,22)/t14-,15+/m1/s1. The summed E-state index contributed by atoms with van der Waals surface area (Å²) in [5.41, 5.74) is -0.444. The molecular weight excluding hydrogens is 386 g/mol. The number of pyridine rings is 1. The van der Waals surface area contributed by atoms with Gasteiger partial charge in [-0.05, 0) is 19.4 Å². The van der Waals surface area contributed by atoms with Crippen LogP contribution >= 0.6 is 0 Å². The minimum atomic E-state index is -3.71. The number of nitrogens with one attached hydrogen (secondary N) is 1. The minimum absolute atomic E-state index is 0.0128. The van der Waals surface area contributed by atoms with Crippen molar-refractivity contribution in [3.8, 4) is 0 Å². The maximum atomic E-state index is 12.6. The van der Waals surface area contributed by atoms with Crippen molar-refractivity contribution in [3.05, 3.63) is 28.7 Å². The normalized spacial score (nSPS) is 18.4. The zero-order valence-corrected chi connectivity index (χ0v) is 17.4. The van der Waals surface area contributed by atoms with Crippen LogP contribution in [0.2, 0.25) is 0 Å². The molecule has 9 nitrogen and oxygen atoms in total. The molecule has 10 heteroatoms. The number of aromatic nitrogens is 1. The largest absolute Gasteiger partial charge is 0.379 e. The Morgan fingerprint density at radius 1 is 1.39 bits per heavy atom. The fraction of sp³-hybridized carbons (Fsp3) is 0.667. The van der Waals surface area contributed by atoms with Crippen molar-refractivity contribution in [1.29, 1.82) is 0 Å². The van der Waals surface area contributed by atoms with Gasteiger partial charge in [-0.1, -0.05) is 13.8 Å². The second kappa shape index (κ2) is 10.1. The summed E-state index contributed by atoms with van der Waals surface area (Å²) in [6.45, 7) is 7.24. The van der Waals surface area contributed by atoms with E-state index in [0.717, 1.165) is 17.1 Å². The second-order valence-corrected chi connectivity index (χ2v) is 8.65. The second-order valence-electron chi connectivity index (χ2n) is 6.71. The van der Waals surface area contributed by atoms with Gasteiger partial charge in [0.2, 0.25) is 15.9 Å². The Balaban J connectivity index is 2.00. The summed E-state index contributed by atoms with van der Waals surface area (Å²) in [6.07, 6.45) is 2.10. The average molecular weight is 416 g/mol. The molecule has 1 N–H and O–H groups in total. The molecule has 0 aromatic carbocycles. The smallest absolute Gasteiger partial charge is 0.251 e. The number of nitrogens with zero attached hydrogens (tertiary/aromatic N) is 2. The topological polar surface area (TPSA) is 107 Å². The quantitative estimate of drug-likeness (QED) is 0.585. The molecule has 0 spiro atoms. The number of rotatable bonds is 10. The zero-order chi connectivity index (χ0) is 20.7. The minimum Gasteiger partial charge on any atom is -0.379 e. The molecule has 1 aliphatic rings. The van der Waals surface area contributed by atoms with Gasteiger partial charge in [0.25, 0.3) is 5.56 Å². The van der Waals surface area contributed by atoms with E-state index in [1.807, 2.05) is 0 Å². The lowest BCUT2D eigenvalue weighted by molar-refractivity contribution is -0.123. The summed E-state index contributed by atoms with van der Waals surface area (Å²) in [7, 11) is -3.71. The number of ether oxygens (including phenoxy) is 2. The van der Waals surface area contributed by atoms with Crippen LogP contribution in [0.25, 0.3) is 0 Å². The molecule has 0 saturated carbocycles. The number of sulfonamides is 1. The molecule has 1 fully saturated rings. The predicted octanol–water partition coefficient (Wildman–Crippen LogP) is 0.189. The van der Waals surface area contributed by atoms with Gasteiger partial charge < -0.3 is 19.4 Å². The SMILES string of the molecule is CCN(CC)S(=O)(=O)c1ccc(=O)n(CC(=O)N[C@H](C)CO[C@H]2CCOC2)c1. The Morgan fingerprint density at radius 3 is 2.71 bits per heavy atom. The molecule has 0 bridgehead atoms. The number of carbonyl (C=O) groups excluding carboxylic acids is 1. The van der Waals surface area contributed by atoms with Crippen LogP contribution in [0.15, 0.2) is 28.0 Å². The van der Waals surface area contributed by atoms with Crippen LogP contribution in [0.4, 0.5) is 0 Å². The number of hydrogen-bond donors (Lipinski definition) is 1. The number of amides is 1. The Labute approximate surface area is 165 Å². The van der Waals surface area contributed by atoms with Crippen LogP contribution in [0.3, 0.4) is 0 Å². The van der Waals surface area contributed by atoms with Gasteiger partial charge in [-0.15, -0.1) is 0 Å². The summed E-state index contributed by atoms with van der Waals surface area (Å²) in [5, 5.41) is 2.76. The molecule has 1 aromatic heterocycles. The summed E-state index contributed by atoms with van der Waals surface area (Å²) in [4.78, 5) is 24.3. The first-order valence-electron chi connectivity index (χ1n) is 9.47. The molecule has 2 atom stereocenters. The molecule has 1 aromatic rings. The highest BCUT2D eigenvalue weighted by Gasteiger charge is 2.23. The van der Waals surface area contributed by atoms with Crippen LogP contribution in [-0.2, 0) is 30.8 Å². The third-order valence-corrected chi connectivity index (χ3v) is 6.52. The highest BCUT2D eigenvalue weighted by atomic mass is 32.2. The first kappa shape index (κ1) is 22.5. The van der Waals surface area contributed by atoms with Gasteiger partial charge in [-0.25, -0.2) is 8.42 Å². The van der Waals surface area contributed by atoms with E-state index in [4.69, 9.17) is 9.47 Å². The van der Waals surface area contributed by atoms with Crippen molar-refractivity contribution in [2.24, 2.45) is 0 Å². The van der Waals surface area contributed by atoms with Gasteiger partial charge in [-0.2, -0.15) is 4.31 Å². The van der Waals surface area contributed by atoms with Crippen LogP contribution in [-0.4, -0.2) is 68.3 Å². The van der Waals surface area contributed by atoms with Gasteiger partial charge in [-0.3, -0.25) is 9.59 Å². The molecule has 1 aliphatic heterocycles. The first-order valence-corrected chi connectivity index (χ1v) is 10.9. The van der Waals surface area contributed by atoms with Crippen LogP contribution in [0, 0.1) is 0 Å². The summed E-state index contributed by atoms with van der Waals surface area (Å²) < 4.78 is 38.5. The molecule has 1 saturated heterocycles. The van der Waals surface area contributed by atoms with Crippen molar-refractivity contribution in [2.75, 3.05) is 32.9 Å². The molecule has 28 heavy (non-hydrogen) atoms. The monoisotopic (exact) mass is 415 g/mol. The number of hydrogen-bond acceptors (Lipinski definition) is 6. The van der Waals surface area contributed by atoms with E-state index in [-0.39, 0.29) is 23.6 Å². The molecule has 2 rings (SSSR count). The fourth-order valence-electron chi connectivity index (χ4n) is 2.94. The summed E-state index contributed by atoms with van der Waals surface area (Å²) >= 11 is 0. The third kappa shape index (κ3) is 5.87.